The summed E-state index contributed by atoms with van der Waals surface area (Å²) in [4.78, 5) is 4.61. The lowest BCUT2D eigenvalue weighted by molar-refractivity contribution is 0.414. The second-order valence-corrected chi connectivity index (χ2v) is 5.50. The van der Waals surface area contributed by atoms with Crippen LogP contribution in [-0.2, 0) is 6.54 Å². The van der Waals surface area contributed by atoms with Crippen molar-refractivity contribution in [3.8, 4) is 5.75 Å². The van der Waals surface area contributed by atoms with Gasteiger partial charge < -0.3 is 4.74 Å². The number of benzene rings is 2. The van der Waals surface area contributed by atoms with Crippen LogP contribution in [0.5, 0.6) is 5.75 Å². The molecule has 2 aromatic carbocycles. The maximum absolute atomic E-state index is 5.15. The summed E-state index contributed by atoms with van der Waals surface area (Å²) < 4.78 is 5.15. The Labute approximate surface area is 135 Å². The molecule has 0 saturated carbocycles. The summed E-state index contributed by atoms with van der Waals surface area (Å²) in [5, 5.41) is 9.81. The highest BCUT2D eigenvalue weighted by molar-refractivity contribution is 5.91. The van der Waals surface area contributed by atoms with Crippen molar-refractivity contribution in [1.82, 2.24) is 4.98 Å². The van der Waals surface area contributed by atoms with E-state index >= 15 is 0 Å². The second kappa shape index (κ2) is 6.57. The van der Waals surface area contributed by atoms with E-state index in [4.69, 9.17) is 4.74 Å². The lowest BCUT2D eigenvalue weighted by Crippen LogP contribution is -1.87. The summed E-state index contributed by atoms with van der Waals surface area (Å²) in [7, 11) is 1.66. The Kier molecular flexibility index (Phi) is 4.33. The van der Waals surface area contributed by atoms with Crippen molar-refractivity contribution in [2.75, 3.05) is 7.11 Å². The van der Waals surface area contributed by atoms with Gasteiger partial charge in [-0.1, -0.05) is 30.3 Å². The first-order valence-electron chi connectivity index (χ1n) is 7.55. The third kappa shape index (κ3) is 3.37. The zero-order chi connectivity index (χ0) is 16.2. The smallest absolute Gasteiger partial charge is 0.118 e. The Bertz CT molecular complexity index is 854. The molecule has 23 heavy (non-hydrogen) atoms. The van der Waals surface area contributed by atoms with Crippen molar-refractivity contribution in [3.63, 3.8) is 0 Å². The van der Waals surface area contributed by atoms with Gasteiger partial charge in [0.1, 0.15) is 5.75 Å². The van der Waals surface area contributed by atoms with Gasteiger partial charge in [0.05, 0.1) is 24.9 Å². The van der Waals surface area contributed by atoms with Crippen LogP contribution in [0.25, 0.3) is 10.9 Å². The van der Waals surface area contributed by atoms with Crippen molar-refractivity contribution in [3.05, 3.63) is 65.4 Å². The quantitative estimate of drug-likeness (QED) is 0.626. The van der Waals surface area contributed by atoms with Gasteiger partial charge in [0.2, 0.25) is 0 Å². The van der Waals surface area contributed by atoms with Crippen LogP contribution in [0.2, 0.25) is 0 Å². The largest absolute Gasteiger partial charge is 0.497 e. The van der Waals surface area contributed by atoms with Crippen molar-refractivity contribution in [2.45, 2.75) is 20.4 Å². The topological polar surface area (TPSA) is 46.8 Å². The highest BCUT2D eigenvalue weighted by Gasteiger charge is 2.05. The van der Waals surface area contributed by atoms with Gasteiger partial charge in [-0.25, -0.2) is 0 Å². The highest BCUT2D eigenvalue weighted by Crippen LogP contribution is 2.28. The molecule has 3 aromatic rings. The molecular weight excluding hydrogens is 286 g/mol. The summed E-state index contributed by atoms with van der Waals surface area (Å²) >= 11 is 0. The number of nitrogens with zero attached hydrogens (tertiary/aromatic N) is 3. The predicted molar refractivity (Wildman–Crippen MR) is 92.4 cm³/mol. The summed E-state index contributed by atoms with van der Waals surface area (Å²) in [5.41, 5.74) is 5.06. The number of ether oxygens (including phenoxy) is 1. The van der Waals surface area contributed by atoms with E-state index in [1.54, 1.807) is 7.11 Å². The van der Waals surface area contributed by atoms with Gasteiger partial charge in [-0.05, 0) is 43.2 Å². The van der Waals surface area contributed by atoms with Gasteiger partial charge in [-0.15, -0.1) is 0 Å². The third-order valence-electron chi connectivity index (χ3n) is 3.74. The zero-order valence-corrected chi connectivity index (χ0v) is 13.6. The molecule has 0 fully saturated rings. The zero-order valence-electron chi connectivity index (χ0n) is 13.6. The van der Waals surface area contributed by atoms with Crippen LogP contribution in [0, 0.1) is 13.8 Å². The van der Waals surface area contributed by atoms with E-state index in [-0.39, 0.29) is 0 Å². The molecule has 4 nitrogen and oxygen atoms in total. The number of hydrogen-bond acceptors (Lipinski definition) is 4. The molecule has 1 heterocycles. The molecule has 0 radical (unpaired) electrons. The number of azo groups is 1. The molecule has 3 rings (SSSR count). The van der Waals surface area contributed by atoms with E-state index < -0.39 is 0 Å². The molecule has 1 aromatic heterocycles. The van der Waals surface area contributed by atoms with Crippen LogP contribution in [0.1, 0.15) is 16.8 Å². The third-order valence-corrected chi connectivity index (χ3v) is 3.74. The molecular formula is C19H19N3O. The first kappa shape index (κ1) is 15.2. The first-order chi connectivity index (χ1) is 11.2. The summed E-state index contributed by atoms with van der Waals surface area (Å²) in [6, 6.07) is 16.0. The number of para-hydroxylation sites is 1. The molecule has 0 unspecified atom stereocenters. The lowest BCUT2D eigenvalue weighted by Gasteiger charge is -2.05. The molecule has 0 N–H and O–H groups in total. The standard InChI is InChI=1S/C19H19N3O/c1-13-5-4-6-17-18(11-14(2)21-19(13)17)22-20-12-15-7-9-16(23-3)10-8-15/h4-11H,12H2,1-3H3. The van der Waals surface area contributed by atoms with E-state index in [0.29, 0.717) is 6.54 Å². The fourth-order valence-corrected chi connectivity index (χ4v) is 2.51. The van der Waals surface area contributed by atoms with Crippen LogP contribution in [-0.4, -0.2) is 12.1 Å². The molecule has 0 bridgehead atoms. The Morgan fingerprint density at radius 1 is 1.04 bits per heavy atom. The number of fused-ring (bicyclic) bond motifs is 1. The molecule has 0 aliphatic carbocycles. The molecule has 0 aliphatic heterocycles. The average molecular weight is 305 g/mol. The Morgan fingerprint density at radius 3 is 2.57 bits per heavy atom. The van der Waals surface area contributed by atoms with Gasteiger partial charge in [-0.2, -0.15) is 10.2 Å². The summed E-state index contributed by atoms with van der Waals surface area (Å²) in [5.74, 6) is 0.844. The van der Waals surface area contributed by atoms with E-state index in [0.717, 1.165) is 39.2 Å². The minimum Gasteiger partial charge on any atom is -0.497 e. The predicted octanol–water partition coefficient (Wildman–Crippen LogP) is 5.14. The Hall–Kier alpha value is -2.75. The van der Waals surface area contributed by atoms with Crippen LogP contribution >= 0.6 is 0 Å². The first-order valence-corrected chi connectivity index (χ1v) is 7.55. The molecule has 0 saturated heterocycles. The molecule has 116 valence electrons. The van der Waals surface area contributed by atoms with Crippen molar-refractivity contribution >= 4 is 16.6 Å². The van der Waals surface area contributed by atoms with Crippen LogP contribution in [0.3, 0.4) is 0 Å². The van der Waals surface area contributed by atoms with E-state index in [1.165, 1.54) is 0 Å². The fourth-order valence-electron chi connectivity index (χ4n) is 2.51. The van der Waals surface area contributed by atoms with Crippen LogP contribution in [0.4, 0.5) is 5.69 Å². The number of pyridine rings is 1. The minimum absolute atomic E-state index is 0.540. The van der Waals surface area contributed by atoms with Crippen molar-refractivity contribution in [1.29, 1.82) is 0 Å². The molecule has 4 heteroatoms. The lowest BCUT2D eigenvalue weighted by atomic mass is 10.1. The van der Waals surface area contributed by atoms with E-state index in [1.807, 2.05) is 49.4 Å². The Morgan fingerprint density at radius 2 is 1.83 bits per heavy atom. The maximum Gasteiger partial charge on any atom is 0.118 e. The number of rotatable bonds is 4. The average Bonchev–Trinajstić information content (AvgIpc) is 2.56. The molecule has 0 aliphatic rings. The van der Waals surface area contributed by atoms with Crippen LogP contribution in [0.15, 0.2) is 58.8 Å². The van der Waals surface area contributed by atoms with Crippen molar-refractivity contribution < 1.29 is 4.74 Å². The van der Waals surface area contributed by atoms with Gasteiger partial charge in [-0.3, -0.25) is 4.98 Å². The normalized spacial score (nSPS) is 11.3. The summed E-state index contributed by atoms with van der Waals surface area (Å²) in [6.45, 7) is 4.58. The van der Waals surface area contributed by atoms with E-state index in [9.17, 15) is 0 Å². The van der Waals surface area contributed by atoms with Gasteiger partial charge in [0.25, 0.3) is 0 Å². The van der Waals surface area contributed by atoms with Gasteiger partial charge >= 0.3 is 0 Å². The molecule has 0 amide bonds. The SMILES string of the molecule is COc1ccc(CN=Nc2cc(C)nc3c(C)cccc23)cc1. The monoisotopic (exact) mass is 305 g/mol. The highest BCUT2D eigenvalue weighted by atomic mass is 16.5. The number of hydrogen-bond donors (Lipinski definition) is 0. The number of aromatic nitrogens is 1. The van der Waals surface area contributed by atoms with Crippen LogP contribution < -0.4 is 4.74 Å². The van der Waals surface area contributed by atoms with Crippen molar-refractivity contribution in [2.24, 2.45) is 10.2 Å². The van der Waals surface area contributed by atoms with Gasteiger partial charge in [0.15, 0.2) is 0 Å². The number of methoxy groups -OCH3 is 1. The fraction of sp³-hybridized carbons (Fsp3) is 0.211. The molecule has 0 spiro atoms. The Balaban J connectivity index is 1.87. The van der Waals surface area contributed by atoms with Gasteiger partial charge in [0, 0.05) is 11.1 Å². The number of aryl methyl sites for hydroxylation is 2. The maximum atomic E-state index is 5.15. The minimum atomic E-state index is 0.540. The van der Waals surface area contributed by atoms with E-state index in [2.05, 4.69) is 28.2 Å². The second-order valence-electron chi connectivity index (χ2n) is 5.50. The molecule has 0 atom stereocenters. The summed E-state index contributed by atoms with van der Waals surface area (Å²) in [6.07, 6.45) is 0.